The van der Waals surface area contributed by atoms with Gasteiger partial charge in [0.05, 0.1) is 0 Å². The second-order valence-corrected chi connectivity index (χ2v) is 5.91. The van der Waals surface area contributed by atoms with Gasteiger partial charge in [-0.05, 0) is 31.3 Å². The summed E-state index contributed by atoms with van der Waals surface area (Å²) in [5.41, 5.74) is 6.74. The van der Waals surface area contributed by atoms with E-state index in [0.717, 1.165) is 32.7 Å². The van der Waals surface area contributed by atoms with Gasteiger partial charge in [-0.2, -0.15) is 0 Å². The number of piperazine rings is 1. The van der Waals surface area contributed by atoms with Gasteiger partial charge in [-0.25, -0.2) is 9.82 Å². The van der Waals surface area contributed by atoms with Crippen LogP contribution < -0.4 is 16.2 Å². The Morgan fingerprint density at radius 3 is 2.59 bits per heavy atom. The third kappa shape index (κ3) is 3.44. The highest BCUT2D eigenvalue weighted by molar-refractivity contribution is 5.95. The molecule has 1 amide bonds. The van der Waals surface area contributed by atoms with Gasteiger partial charge in [-0.1, -0.05) is 0 Å². The number of hydrogen-bond donors (Lipinski definition) is 3. The normalized spacial score (nSPS) is 27.0. The Bertz CT molecular complexity index is 515. The maximum atomic E-state index is 12.9. The van der Waals surface area contributed by atoms with Crippen molar-refractivity contribution in [3.63, 3.8) is 0 Å². The van der Waals surface area contributed by atoms with Crippen LogP contribution in [0.4, 0.5) is 10.1 Å². The van der Waals surface area contributed by atoms with Crippen LogP contribution in [0.15, 0.2) is 24.3 Å². The third-order valence-corrected chi connectivity index (χ3v) is 4.35. The van der Waals surface area contributed by atoms with Crippen LogP contribution >= 0.6 is 0 Å². The molecule has 2 saturated heterocycles. The van der Waals surface area contributed by atoms with Gasteiger partial charge < -0.3 is 10.2 Å². The Morgan fingerprint density at radius 1 is 1.23 bits per heavy atom. The number of anilines is 1. The number of nitrogens with one attached hydrogen (secondary N) is 3. The third-order valence-electron chi connectivity index (χ3n) is 4.35. The molecule has 2 fully saturated rings. The standard InChI is InChI=1S/C15H22FN5O/c1-20-6-8-21(9-7-20)13-10-17-19-14(13)15(22)18-12-4-2-11(16)3-5-12/h2-5,13-14,17,19H,6-10H2,1H3,(H,18,22). The Hall–Kier alpha value is -1.54. The molecule has 0 spiro atoms. The van der Waals surface area contributed by atoms with Crippen molar-refractivity contribution >= 4 is 11.6 Å². The SMILES string of the molecule is CN1CCN(C2CNNC2C(=O)Nc2ccc(F)cc2)CC1. The number of carbonyl (C=O) groups is 1. The quantitative estimate of drug-likeness (QED) is 0.725. The Morgan fingerprint density at radius 2 is 1.91 bits per heavy atom. The lowest BCUT2D eigenvalue weighted by atomic mass is 10.1. The van der Waals surface area contributed by atoms with E-state index in [4.69, 9.17) is 0 Å². The zero-order valence-corrected chi connectivity index (χ0v) is 12.7. The highest BCUT2D eigenvalue weighted by Gasteiger charge is 2.37. The largest absolute Gasteiger partial charge is 0.325 e. The van der Waals surface area contributed by atoms with Crippen molar-refractivity contribution in [2.24, 2.45) is 0 Å². The first-order valence-corrected chi connectivity index (χ1v) is 7.61. The summed E-state index contributed by atoms with van der Waals surface area (Å²) in [5.74, 6) is -0.408. The molecule has 7 heteroatoms. The maximum absolute atomic E-state index is 12.9. The first kappa shape index (κ1) is 15.4. The van der Waals surface area contributed by atoms with Crippen LogP contribution in [-0.4, -0.2) is 67.6 Å². The summed E-state index contributed by atoms with van der Waals surface area (Å²) >= 11 is 0. The van der Waals surface area contributed by atoms with Gasteiger partial charge in [-0.3, -0.25) is 15.1 Å². The van der Waals surface area contributed by atoms with Crippen LogP contribution in [0.2, 0.25) is 0 Å². The van der Waals surface area contributed by atoms with Gasteiger partial charge in [0.2, 0.25) is 5.91 Å². The smallest absolute Gasteiger partial charge is 0.244 e. The van der Waals surface area contributed by atoms with E-state index in [1.54, 1.807) is 12.1 Å². The number of halogens is 1. The molecule has 2 aliphatic heterocycles. The lowest BCUT2D eigenvalue weighted by molar-refractivity contribution is -0.119. The molecule has 3 rings (SSSR count). The van der Waals surface area contributed by atoms with Crippen molar-refractivity contribution in [1.82, 2.24) is 20.7 Å². The highest BCUT2D eigenvalue weighted by atomic mass is 19.1. The van der Waals surface area contributed by atoms with Crippen LogP contribution in [0.3, 0.4) is 0 Å². The van der Waals surface area contributed by atoms with Crippen LogP contribution in [0.25, 0.3) is 0 Å². The number of hydrazine groups is 1. The molecule has 0 saturated carbocycles. The number of carbonyl (C=O) groups excluding carboxylic acids is 1. The van der Waals surface area contributed by atoms with Crippen molar-refractivity contribution in [3.8, 4) is 0 Å². The average Bonchev–Trinajstić information content (AvgIpc) is 3.00. The molecule has 0 aromatic heterocycles. The molecule has 2 aliphatic rings. The van der Waals surface area contributed by atoms with Crippen molar-refractivity contribution in [2.75, 3.05) is 45.1 Å². The number of nitrogens with zero attached hydrogens (tertiary/aromatic N) is 2. The zero-order chi connectivity index (χ0) is 15.5. The summed E-state index contributed by atoms with van der Waals surface area (Å²) in [5, 5.41) is 2.84. The summed E-state index contributed by atoms with van der Waals surface area (Å²) in [6, 6.07) is 5.64. The van der Waals surface area contributed by atoms with Gasteiger partial charge in [-0.15, -0.1) is 0 Å². The van der Waals surface area contributed by atoms with Crippen LogP contribution in [0.5, 0.6) is 0 Å². The molecule has 6 nitrogen and oxygen atoms in total. The topological polar surface area (TPSA) is 59.6 Å². The number of hydrogen-bond acceptors (Lipinski definition) is 5. The minimum atomic E-state index is -0.312. The van der Waals surface area contributed by atoms with E-state index in [1.807, 2.05) is 0 Å². The summed E-state index contributed by atoms with van der Waals surface area (Å²) in [6.07, 6.45) is 0. The van der Waals surface area contributed by atoms with Crippen molar-refractivity contribution in [2.45, 2.75) is 12.1 Å². The predicted molar refractivity (Wildman–Crippen MR) is 82.8 cm³/mol. The zero-order valence-electron chi connectivity index (χ0n) is 12.7. The first-order chi connectivity index (χ1) is 10.6. The fourth-order valence-electron chi connectivity index (χ4n) is 2.97. The Kier molecular flexibility index (Phi) is 4.68. The molecule has 1 aromatic rings. The molecule has 3 N–H and O–H groups in total. The van der Waals surface area contributed by atoms with Gasteiger partial charge >= 0.3 is 0 Å². The summed E-state index contributed by atoms with van der Waals surface area (Å²) in [4.78, 5) is 17.1. The fourth-order valence-corrected chi connectivity index (χ4v) is 2.97. The first-order valence-electron chi connectivity index (χ1n) is 7.61. The van der Waals surface area contributed by atoms with Gasteiger partial charge in [0.15, 0.2) is 0 Å². The van der Waals surface area contributed by atoms with Gasteiger partial charge in [0.25, 0.3) is 0 Å². The van der Waals surface area contributed by atoms with Gasteiger partial charge in [0.1, 0.15) is 11.9 Å². The monoisotopic (exact) mass is 307 g/mol. The lowest BCUT2D eigenvalue weighted by Gasteiger charge is -2.37. The molecular weight excluding hydrogens is 285 g/mol. The summed E-state index contributed by atoms with van der Waals surface area (Å²) < 4.78 is 12.9. The summed E-state index contributed by atoms with van der Waals surface area (Å²) in [7, 11) is 2.11. The van der Waals surface area contributed by atoms with E-state index < -0.39 is 0 Å². The van der Waals surface area contributed by atoms with Crippen molar-refractivity contribution in [1.29, 1.82) is 0 Å². The summed E-state index contributed by atoms with van der Waals surface area (Å²) in [6.45, 7) is 4.70. The second kappa shape index (κ2) is 6.70. The molecule has 2 unspecified atom stereocenters. The minimum Gasteiger partial charge on any atom is -0.325 e. The molecule has 2 heterocycles. The molecule has 120 valence electrons. The second-order valence-electron chi connectivity index (χ2n) is 5.91. The predicted octanol–water partition coefficient (Wildman–Crippen LogP) is -0.143. The molecule has 0 bridgehead atoms. The molecule has 22 heavy (non-hydrogen) atoms. The van der Waals surface area contributed by atoms with E-state index >= 15 is 0 Å². The maximum Gasteiger partial charge on any atom is 0.244 e. The van der Waals surface area contributed by atoms with E-state index in [-0.39, 0.29) is 23.8 Å². The van der Waals surface area contributed by atoms with E-state index in [1.165, 1.54) is 12.1 Å². The van der Waals surface area contributed by atoms with Crippen LogP contribution in [-0.2, 0) is 4.79 Å². The number of likely N-dealkylation sites (N-methyl/N-ethyl adjacent to an activating group) is 1. The van der Waals surface area contributed by atoms with Crippen LogP contribution in [0.1, 0.15) is 0 Å². The number of benzene rings is 1. The lowest BCUT2D eigenvalue weighted by Crippen LogP contribution is -2.56. The van der Waals surface area contributed by atoms with Crippen LogP contribution in [0, 0.1) is 5.82 Å². The molecule has 0 aliphatic carbocycles. The Labute approximate surface area is 129 Å². The fraction of sp³-hybridized carbons (Fsp3) is 0.533. The van der Waals surface area contributed by atoms with Gasteiger partial charge in [0, 0.05) is 44.5 Å². The minimum absolute atomic E-state index is 0.0967. The van der Waals surface area contributed by atoms with E-state index in [2.05, 4.69) is 33.0 Å². The average molecular weight is 307 g/mol. The molecule has 1 aromatic carbocycles. The number of rotatable bonds is 3. The molecular formula is C15H22FN5O. The number of amides is 1. The van der Waals surface area contributed by atoms with Crippen molar-refractivity contribution in [3.05, 3.63) is 30.1 Å². The van der Waals surface area contributed by atoms with E-state index in [0.29, 0.717) is 5.69 Å². The molecule has 2 atom stereocenters. The van der Waals surface area contributed by atoms with E-state index in [9.17, 15) is 9.18 Å². The van der Waals surface area contributed by atoms with Crippen molar-refractivity contribution < 1.29 is 9.18 Å². The molecule has 0 radical (unpaired) electrons. The highest BCUT2D eigenvalue weighted by Crippen LogP contribution is 2.14. The Balaban J connectivity index is 1.62.